The van der Waals surface area contributed by atoms with Crippen LogP contribution in [-0.2, 0) is 13.5 Å². The van der Waals surface area contributed by atoms with E-state index in [-0.39, 0.29) is 0 Å². The molecule has 4 rings (SSSR count). The van der Waals surface area contributed by atoms with Gasteiger partial charge < -0.3 is 9.47 Å². The summed E-state index contributed by atoms with van der Waals surface area (Å²) < 4.78 is 14.4. The van der Waals surface area contributed by atoms with Gasteiger partial charge in [-0.25, -0.2) is 0 Å². The normalized spacial score (nSPS) is 11.5. The highest BCUT2D eigenvalue weighted by atomic mass is 32.1. The zero-order chi connectivity index (χ0) is 19.8. The van der Waals surface area contributed by atoms with Crippen molar-refractivity contribution < 1.29 is 9.47 Å². The zero-order valence-corrected chi connectivity index (χ0v) is 17.3. The van der Waals surface area contributed by atoms with Crippen molar-refractivity contribution >= 4 is 16.3 Å². The number of hydrogen-bond donors (Lipinski definition) is 0. The van der Waals surface area contributed by atoms with Crippen LogP contribution < -0.4 is 9.47 Å². The highest BCUT2D eigenvalue weighted by Crippen LogP contribution is 2.32. The molecule has 1 aromatic carbocycles. The average molecular weight is 398 g/mol. The standard InChI is InChI=1S/C19H22N6O2S/c1-11(2)6-13-9-16(24(3)22-13)18-23-25-17(20-21-19(25)28-18)12-7-14(26-4)10-15(8-12)27-5/h7-11H,6H2,1-5H3. The molecule has 0 aliphatic rings. The van der Waals surface area contributed by atoms with Gasteiger partial charge in [-0.15, -0.1) is 10.2 Å². The Morgan fingerprint density at radius 1 is 1.00 bits per heavy atom. The van der Waals surface area contributed by atoms with Crippen molar-refractivity contribution in [1.82, 2.24) is 29.6 Å². The van der Waals surface area contributed by atoms with Crippen LogP contribution in [0.15, 0.2) is 24.3 Å². The van der Waals surface area contributed by atoms with Crippen LogP contribution in [0.1, 0.15) is 19.5 Å². The SMILES string of the molecule is COc1cc(OC)cc(-c2nnc3sc(-c4cc(CC(C)C)nn4C)nn23)c1. The van der Waals surface area contributed by atoms with Crippen LogP contribution >= 0.6 is 11.3 Å². The molecule has 4 aromatic rings. The molecule has 0 saturated carbocycles. The van der Waals surface area contributed by atoms with Crippen molar-refractivity contribution in [2.75, 3.05) is 14.2 Å². The number of hydrogen-bond acceptors (Lipinski definition) is 7. The van der Waals surface area contributed by atoms with Crippen LogP contribution in [-0.4, -0.2) is 43.8 Å². The first-order valence-corrected chi connectivity index (χ1v) is 9.79. The second-order valence-corrected chi connectivity index (χ2v) is 7.93. The van der Waals surface area contributed by atoms with E-state index in [0.717, 1.165) is 33.3 Å². The van der Waals surface area contributed by atoms with Gasteiger partial charge in [-0.1, -0.05) is 25.2 Å². The predicted octanol–water partition coefficient (Wildman–Crippen LogP) is 3.47. The maximum absolute atomic E-state index is 5.37. The van der Waals surface area contributed by atoms with Crippen molar-refractivity contribution in [3.63, 3.8) is 0 Å². The van der Waals surface area contributed by atoms with Crippen molar-refractivity contribution in [3.05, 3.63) is 30.0 Å². The van der Waals surface area contributed by atoms with Gasteiger partial charge in [-0.05, 0) is 30.5 Å². The third-order valence-corrected chi connectivity index (χ3v) is 5.29. The fourth-order valence-electron chi connectivity index (χ4n) is 3.08. The van der Waals surface area contributed by atoms with Crippen molar-refractivity contribution in [1.29, 1.82) is 0 Å². The smallest absolute Gasteiger partial charge is 0.235 e. The molecule has 0 unspecified atom stereocenters. The molecule has 0 spiro atoms. The second-order valence-electron chi connectivity index (χ2n) is 6.97. The third-order valence-electron chi connectivity index (χ3n) is 4.37. The molecular weight excluding hydrogens is 376 g/mol. The molecule has 0 radical (unpaired) electrons. The summed E-state index contributed by atoms with van der Waals surface area (Å²) in [5.74, 6) is 2.56. The van der Waals surface area contributed by atoms with Gasteiger partial charge in [0.25, 0.3) is 0 Å². The second kappa shape index (κ2) is 7.23. The highest BCUT2D eigenvalue weighted by molar-refractivity contribution is 7.19. The number of fused-ring (bicyclic) bond motifs is 1. The van der Waals surface area contributed by atoms with E-state index in [4.69, 9.17) is 14.6 Å². The van der Waals surface area contributed by atoms with Gasteiger partial charge in [0.1, 0.15) is 11.5 Å². The van der Waals surface area contributed by atoms with Crippen LogP contribution in [0.2, 0.25) is 0 Å². The minimum atomic E-state index is 0.551. The number of benzene rings is 1. The number of aromatic nitrogens is 6. The molecular formula is C19H22N6O2S. The quantitative estimate of drug-likeness (QED) is 0.495. The summed E-state index contributed by atoms with van der Waals surface area (Å²) in [6.45, 7) is 4.37. The lowest BCUT2D eigenvalue weighted by Gasteiger charge is -2.06. The summed E-state index contributed by atoms with van der Waals surface area (Å²) >= 11 is 1.49. The zero-order valence-electron chi connectivity index (χ0n) is 16.5. The van der Waals surface area contributed by atoms with Gasteiger partial charge in [0, 0.05) is 18.7 Å². The summed E-state index contributed by atoms with van der Waals surface area (Å²) in [6.07, 6.45) is 0.937. The molecule has 0 saturated heterocycles. The Labute approximate surface area is 166 Å². The number of methoxy groups -OCH3 is 2. The van der Waals surface area contributed by atoms with Gasteiger partial charge in [0.05, 0.1) is 25.6 Å². The molecule has 8 nitrogen and oxygen atoms in total. The molecule has 0 atom stereocenters. The molecule has 0 amide bonds. The first kappa shape index (κ1) is 18.4. The van der Waals surface area contributed by atoms with Crippen LogP contribution in [0.5, 0.6) is 11.5 Å². The lowest BCUT2D eigenvalue weighted by atomic mass is 10.1. The molecule has 146 valence electrons. The minimum Gasteiger partial charge on any atom is -0.497 e. The molecule has 0 fully saturated rings. The number of nitrogens with zero attached hydrogens (tertiary/aromatic N) is 6. The minimum absolute atomic E-state index is 0.551. The van der Waals surface area contributed by atoms with Crippen molar-refractivity contribution in [2.45, 2.75) is 20.3 Å². The van der Waals surface area contributed by atoms with E-state index >= 15 is 0 Å². The van der Waals surface area contributed by atoms with Gasteiger partial charge >= 0.3 is 0 Å². The first-order chi connectivity index (χ1) is 13.5. The highest BCUT2D eigenvalue weighted by Gasteiger charge is 2.18. The largest absolute Gasteiger partial charge is 0.497 e. The predicted molar refractivity (Wildman–Crippen MR) is 108 cm³/mol. The summed E-state index contributed by atoms with van der Waals surface area (Å²) in [5.41, 5.74) is 2.86. The molecule has 9 heteroatoms. The van der Waals surface area contributed by atoms with E-state index in [9.17, 15) is 0 Å². The fourth-order valence-corrected chi connectivity index (χ4v) is 3.97. The van der Waals surface area contributed by atoms with Crippen LogP contribution in [0.4, 0.5) is 0 Å². The van der Waals surface area contributed by atoms with Crippen molar-refractivity contribution in [2.24, 2.45) is 13.0 Å². The van der Waals surface area contributed by atoms with Crippen LogP contribution in [0.3, 0.4) is 0 Å². The fraction of sp³-hybridized carbons (Fsp3) is 0.368. The topological polar surface area (TPSA) is 79.4 Å². The van der Waals surface area contributed by atoms with E-state index in [1.165, 1.54) is 11.3 Å². The Bertz CT molecular complexity index is 1100. The Morgan fingerprint density at radius 2 is 1.71 bits per heavy atom. The van der Waals surface area contributed by atoms with Gasteiger partial charge in [0.15, 0.2) is 10.8 Å². The van der Waals surface area contributed by atoms with Gasteiger partial charge in [0.2, 0.25) is 4.96 Å². The van der Waals surface area contributed by atoms with E-state index in [1.54, 1.807) is 18.7 Å². The van der Waals surface area contributed by atoms with E-state index < -0.39 is 0 Å². The monoisotopic (exact) mass is 398 g/mol. The molecule has 0 aliphatic heterocycles. The molecule has 3 heterocycles. The van der Waals surface area contributed by atoms with Crippen LogP contribution in [0.25, 0.3) is 27.1 Å². The Balaban J connectivity index is 1.77. The van der Waals surface area contributed by atoms with Crippen molar-refractivity contribution in [3.8, 4) is 33.6 Å². The number of ether oxygens (including phenoxy) is 2. The number of rotatable bonds is 6. The lowest BCUT2D eigenvalue weighted by molar-refractivity contribution is 0.394. The average Bonchev–Trinajstić information content (AvgIpc) is 3.34. The van der Waals surface area contributed by atoms with E-state index in [0.29, 0.717) is 23.2 Å². The first-order valence-electron chi connectivity index (χ1n) is 8.97. The van der Waals surface area contributed by atoms with Crippen LogP contribution in [0, 0.1) is 5.92 Å². The molecule has 0 aliphatic carbocycles. The molecule has 0 bridgehead atoms. The lowest BCUT2D eigenvalue weighted by Crippen LogP contribution is -1.98. The van der Waals surface area contributed by atoms with Gasteiger partial charge in [-0.3, -0.25) is 4.68 Å². The summed E-state index contributed by atoms with van der Waals surface area (Å²) in [7, 11) is 5.18. The summed E-state index contributed by atoms with van der Waals surface area (Å²) in [6, 6.07) is 7.70. The Morgan fingerprint density at radius 3 is 2.36 bits per heavy atom. The molecule has 3 aromatic heterocycles. The maximum atomic E-state index is 5.37. The molecule has 28 heavy (non-hydrogen) atoms. The van der Waals surface area contributed by atoms with E-state index in [1.807, 2.05) is 29.9 Å². The maximum Gasteiger partial charge on any atom is 0.235 e. The van der Waals surface area contributed by atoms with E-state index in [2.05, 4.69) is 35.2 Å². The van der Waals surface area contributed by atoms with Gasteiger partial charge in [-0.2, -0.15) is 14.7 Å². The summed E-state index contributed by atoms with van der Waals surface area (Å²) in [4.78, 5) is 0.721. The third kappa shape index (κ3) is 3.33. The summed E-state index contributed by atoms with van der Waals surface area (Å²) in [5, 5.41) is 18.8. The Kier molecular flexibility index (Phi) is 4.76. The Hall–Kier alpha value is -2.94. The number of aryl methyl sites for hydroxylation is 1. The molecule has 0 N–H and O–H groups in total.